The lowest BCUT2D eigenvalue weighted by molar-refractivity contribution is -0.112. The summed E-state index contributed by atoms with van der Waals surface area (Å²) in [5.41, 5.74) is 5.33. The number of nitrogens with zero attached hydrogens (tertiary/aromatic N) is 2. The molecule has 0 aliphatic rings. The number of halogens is 2. The number of nitriles is 1. The number of benzene rings is 2. The zero-order valence-electron chi connectivity index (χ0n) is 16.3. The summed E-state index contributed by atoms with van der Waals surface area (Å²) in [6, 6.07) is 16.8. The van der Waals surface area contributed by atoms with E-state index >= 15 is 0 Å². The molecule has 0 fully saturated rings. The summed E-state index contributed by atoms with van der Waals surface area (Å²) in [7, 11) is 0. The van der Waals surface area contributed by atoms with Crippen LogP contribution >= 0.6 is 23.2 Å². The molecule has 0 aliphatic heterocycles. The maximum Gasteiger partial charge on any atom is 0.266 e. The minimum absolute atomic E-state index is 0.0134. The van der Waals surface area contributed by atoms with Gasteiger partial charge in [-0.25, -0.2) is 0 Å². The predicted molar refractivity (Wildman–Crippen MR) is 119 cm³/mol. The average molecular weight is 424 g/mol. The topological polar surface area (TPSA) is 57.8 Å². The fourth-order valence-electron chi connectivity index (χ4n) is 3.18. The first-order valence-corrected chi connectivity index (χ1v) is 9.70. The highest BCUT2D eigenvalue weighted by molar-refractivity contribution is 6.36. The van der Waals surface area contributed by atoms with E-state index in [9.17, 15) is 10.1 Å². The van der Waals surface area contributed by atoms with Crippen LogP contribution in [0.1, 0.15) is 22.5 Å². The van der Waals surface area contributed by atoms with Crippen molar-refractivity contribution in [2.45, 2.75) is 20.8 Å². The molecule has 6 heteroatoms. The van der Waals surface area contributed by atoms with E-state index in [0.717, 1.165) is 28.2 Å². The van der Waals surface area contributed by atoms with Crippen LogP contribution in [0.4, 0.5) is 5.69 Å². The van der Waals surface area contributed by atoms with E-state index in [4.69, 9.17) is 23.2 Å². The van der Waals surface area contributed by atoms with Gasteiger partial charge in [0.05, 0.1) is 10.7 Å². The third-order valence-corrected chi connectivity index (χ3v) is 5.12. The summed E-state index contributed by atoms with van der Waals surface area (Å²) < 4.78 is 2.10. The molecular weight excluding hydrogens is 405 g/mol. The van der Waals surface area contributed by atoms with E-state index < -0.39 is 5.91 Å². The molecule has 0 saturated carbocycles. The predicted octanol–water partition coefficient (Wildman–Crippen LogP) is 6.26. The first-order chi connectivity index (χ1) is 13.8. The molecule has 1 amide bonds. The Morgan fingerprint density at radius 3 is 2.52 bits per heavy atom. The highest BCUT2D eigenvalue weighted by Crippen LogP contribution is 2.27. The number of aryl methyl sites for hydroxylation is 2. The van der Waals surface area contributed by atoms with Crippen LogP contribution in [0.15, 0.2) is 54.1 Å². The van der Waals surface area contributed by atoms with Gasteiger partial charge < -0.3 is 9.88 Å². The van der Waals surface area contributed by atoms with Crippen LogP contribution in [-0.2, 0) is 4.79 Å². The molecule has 0 spiro atoms. The van der Waals surface area contributed by atoms with Crippen LogP contribution in [0.25, 0.3) is 11.8 Å². The molecule has 146 valence electrons. The van der Waals surface area contributed by atoms with Crippen molar-refractivity contribution in [3.8, 4) is 11.8 Å². The number of carbonyl (C=O) groups is 1. The van der Waals surface area contributed by atoms with E-state index in [1.807, 2.05) is 51.1 Å². The van der Waals surface area contributed by atoms with E-state index in [-0.39, 0.29) is 5.57 Å². The highest BCUT2D eigenvalue weighted by atomic mass is 35.5. The molecule has 1 aromatic heterocycles. The second-order valence-electron chi connectivity index (χ2n) is 6.75. The maximum atomic E-state index is 12.6. The van der Waals surface area contributed by atoms with Gasteiger partial charge in [-0.1, -0.05) is 35.3 Å². The van der Waals surface area contributed by atoms with Gasteiger partial charge in [0, 0.05) is 22.1 Å². The molecular formula is C23H19Cl2N3O. The molecule has 1 heterocycles. The van der Waals surface area contributed by atoms with Crippen molar-refractivity contribution >= 4 is 40.9 Å². The Bertz CT molecular complexity index is 1170. The van der Waals surface area contributed by atoms with Crippen molar-refractivity contribution in [2.75, 3.05) is 5.32 Å². The molecule has 0 unspecified atom stereocenters. The molecule has 29 heavy (non-hydrogen) atoms. The van der Waals surface area contributed by atoms with Gasteiger partial charge in [-0.2, -0.15) is 5.26 Å². The minimum atomic E-state index is -0.530. The molecule has 1 N–H and O–H groups in total. The lowest BCUT2D eigenvalue weighted by Crippen LogP contribution is -2.13. The van der Waals surface area contributed by atoms with Crippen LogP contribution in [0.3, 0.4) is 0 Å². The number of aromatic nitrogens is 1. The van der Waals surface area contributed by atoms with E-state index in [1.54, 1.807) is 18.2 Å². The van der Waals surface area contributed by atoms with E-state index in [0.29, 0.717) is 15.7 Å². The van der Waals surface area contributed by atoms with Crippen LogP contribution in [0.5, 0.6) is 0 Å². The molecule has 0 saturated heterocycles. The second-order valence-corrected chi connectivity index (χ2v) is 7.59. The largest absolute Gasteiger partial charge is 0.320 e. The number of hydrogen-bond donors (Lipinski definition) is 1. The van der Waals surface area contributed by atoms with Gasteiger partial charge in [0.15, 0.2) is 0 Å². The minimum Gasteiger partial charge on any atom is -0.320 e. The summed E-state index contributed by atoms with van der Waals surface area (Å²) in [6.07, 6.45) is 1.59. The van der Waals surface area contributed by atoms with Crippen LogP contribution < -0.4 is 5.32 Å². The average Bonchev–Trinajstić information content (AvgIpc) is 2.95. The Kier molecular flexibility index (Phi) is 6.12. The number of amides is 1. The third kappa shape index (κ3) is 4.54. The summed E-state index contributed by atoms with van der Waals surface area (Å²) in [4.78, 5) is 12.6. The SMILES string of the molecule is Cc1cccc(-n2c(C)cc(/C=C(/C#N)C(=O)Nc3ccc(Cl)cc3Cl)c2C)c1. The van der Waals surface area contributed by atoms with E-state index in [1.165, 1.54) is 6.07 Å². The number of hydrogen-bond acceptors (Lipinski definition) is 2. The standard InChI is InChI=1S/C23H19Cl2N3O/c1-14-5-4-6-20(9-14)28-15(2)10-17(16(28)3)11-18(13-26)23(29)27-22-8-7-19(24)12-21(22)25/h4-12H,1-3H3,(H,27,29)/b18-11-. The molecule has 2 aromatic carbocycles. The number of anilines is 1. The number of rotatable bonds is 4. The van der Waals surface area contributed by atoms with Crippen LogP contribution in [0.2, 0.25) is 10.0 Å². The molecule has 0 radical (unpaired) electrons. The zero-order valence-corrected chi connectivity index (χ0v) is 17.8. The first-order valence-electron chi connectivity index (χ1n) is 8.94. The van der Waals surface area contributed by atoms with Gasteiger partial charge in [0.2, 0.25) is 0 Å². The molecule has 4 nitrogen and oxygen atoms in total. The van der Waals surface area contributed by atoms with Crippen molar-refractivity contribution in [3.63, 3.8) is 0 Å². The van der Waals surface area contributed by atoms with E-state index in [2.05, 4.69) is 16.0 Å². The number of nitrogens with one attached hydrogen (secondary N) is 1. The maximum absolute atomic E-state index is 12.6. The van der Waals surface area contributed by atoms with Gasteiger partial charge >= 0.3 is 0 Å². The molecule has 3 aromatic rings. The Hall–Kier alpha value is -3.00. The summed E-state index contributed by atoms with van der Waals surface area (Å²) in [5, 5.41) is 13.0. The fraction of sp³-hybridized carbons (Fsp3) is 0.130. The third-order valence-electron chi connectivity index (χ3n) is 4.57. The van der Waals surface area contributed by atoms with Gasteiger partial charge in [-0.3, -0.25) is 4.79 Å². The van der Waals surface area contributed by atoms with Crippen molar-refractivity contribution in [2.24, 2.45) is 0 Å². The summed E-state index contributed by atoms with van der Waals surface area (Å²) in [5.74, 6) is -0.530. The van der Waals surface area contributed by atoms with Gasteiger partial charge in [-0.15, -0.1) is 0 Å². The molecule has 3 rings (SSSR count). The van der Waals surface area contributed by atoms with Gasteiger partial charge in [-0.05, 0) is 74.4 Å². The zero-order chi connectivity index (χ0) is 21.1. The Morgan fingerprint density at radius 1 is 1.10 bits per heavy atom. The Labute approximate surface area is 180 Å². The Morgan fingerprint density at radius 2 is 1.86 bits per heavy atom. The molecule has 0 aliphatic carbocycles. The van der Waals surface area contributed by atoms with Crippen molar-refractivity contribution in [1.82, 2.24) is 4.57 Å². The van der Waals surface area contributed by atoms with Crippen molar-refractivity contribution < 1.29 is 4.79 Å². The van der Waals surface area contributed by atoms with Gasteiger partial charge in [0.25, 0.3) is 5.91 Å². The molecule has 0 bridgehead atoms. The quantitative estimate of drug-likeness (QED) is 0.397. The Balaban J connectivity index is 1.94. The second kappa shape index (κ2) is 8.57. The lowest BCUT2D eigenvalue weighted by Gasteiger charge is -2.10. The normalized spacial score (nSPS) is 11.2. The monoisotopic (exact) mass is 423 g/mol. The summed E-state index contributed by atoms with van der Waals surface area (Å²) in [6.45, 7) is 5.99. The smallest absolute Gasteiger partial charge is 0.266 e. The molecule has 0 atom stereocenters. The fourth-order valence-corrected chi connectivity index (χ4v) is 3.64. The first kappa shape index (κ1) is 20.7. The van der Waals surface area contributed by atoms with Crippen LogP contribution in [0, 0.1) is 32.1 Å². The number of carbonyl (C=O) groups excluding carboxylic acids is 1. The summed E-state index contributed by atoms with van der Waals surface area (Å²) >= 11 is 12.0. The lowest BCUT2D eigenvalue weighted by atomic mass is 10.1. The van der Waals surface area contributed by atoms with Gasteiger partial charge in [0.1, 0.15) is 11.6 Å². The highest BCUT2D eigenvalue weighted by Gasteiger charge is 2.15. The van der Waals surface area contributed by atoms with Crippen molar-refractivity contribution in [3.05, 3.63) is 86.7 Å². The van der Waals surface area contributed by atoms with Crippen LogP contribution in [-0.4, -0.2) is 10.5 Å². The van der Waals surface area contributed by atoms with Crippen molar-refractivity contribution in [1.29, 1.82) is 5.26 Å².